The van der Waals surface area contributed by atoms with Gasteiger partial charge in [-0.1, -0.05) is 18.2 Å². The molecule has 7 heteroatoms. The molecule has 0 fully saturated rings. The molecule has 0 aliphatic carbocycles. The Morgan fingerprint density at radius 2 is 1.88 bits per heavy atom. The Morgan fingerprint density at radius 1 is 1.12 bits per heavy atom. The van der Waals surface area contributed by atoms with Crippen LogP contribution in [0.5, 0.6) is 11.5 Å². The predicted molar refractivity (Wildman–Crippen MR) is 81.4 cm³/mol. The number of H-pyrrole nitrogens is 1. The summed E-state index contributed by atoms with van der Waals surface area (Å²) in [7, 11) is 0. The molecular weight excluding hydrogens is 321 g/mol. The topological polar surface area (TPSA) is 69.0 Å². The Morgan fingerprint density at radius 3 is 2.58 bits per heavy atom. The summed E-state index contributed by atoms with van der Waals surface area (Å²) in [4.78, 5) is 2.92. The predicted octanol–water partition coefficient (Wildman–Crippen LogP) is 4.51. The number of hydrogen-bond donors (Lipinski definition) is 2. The number of nitriles is 1. The molecule has 3 rings (SSSR count). The number of aromatic nitrogens is 1. The van der Waals surface area contributed by atoms with Crippen molar-refractivity contribution in [2.45, 2.75) is 12.8 Å². The maximum absolute atomic E-state index is 12.6. The molecule has 0 spiro atoms. The van der Waals surface area contributed by atoms with E-state index in [1.54, 1.807) is 18.3 Å². The number of fused-ring (bicyclic) bond motifs is 1. The molecule has 1 heterocycles. The van der Waals surface area contributed by atoms with Crippen molar-refractivity contribution in [1.29, 1.82) is 5.26 Å². The Kier molecular flexibility index (Phi) is 3.81. The number of aromatic hydroxyl groups is 1. The normalized spacial score (nSPS) is 11.4. The van der Waals surface area contributed by atoms with Gasteiger partial charge in [-0.15, -0.1) is 13.2 Å². The molecule has 0 atom stereocenters. The summed E-state index contributed by atoms with van der Waals surface area (Å²) in [5.41, 5.74) is 1.47. The van der Waals surface area contributed by atoms with E-state index in [9.17, 15) is 18.3 Å². The van der Waals surface area contributed by atoms with Crippen LogP contribution in [-0.4, -0.2) is 16.5 Å². The first kappa shape index (κ1) is 15.7. The molecule has 0 aliphatic heterocycles. The second-order valence-electron chi connectivity index (χ2n) is 5.08. The van der Waals surface area contributed by atoms with E-state index in [2.05, 4.69) is 9.72 Å². The molecule has 0 aliphatic rings. The van der Waals surface area contributed by atoms with Crippen molar-refractivity contribution >= 4 is 10.9 Å². The lowest BCUT2D eigenvalue weighted by Gasteiger charge is -2.14. The van der Waals surface area contributed by atoms with Crippen LogP contribution in [0.25, 0.3) is 22.0 Å². The number of phenols is 1. The molecule has 2 N–H and O–H groups in total. The van der Waals surface area contributed by atoms with E-state index in [0.29, 0.717) is 16.5 Å². The number of ether oxygens (including phenoxy) is 1. The highest BCUT2D eigenvalue weighted by molar-refractivity contribution is 5.96. The van der Waals surface area contributed by atoms with Crippen LogP contribution in [0.3, 0.4) is 0 Å². The van der Waals surface area contributed by atoms with E-state index in [0.717, 1.165) is 0 Å². The third-order valence-electron chi connectivity index (χ3n) is 3.57. The summed E-state index contributed by atoms with van der Waals surface area (Å²) in [5.74, 6) is -0.603. The van der Waals surface area contributed by atoms with E-state index in [1.165, 1.54) is 24.3 Å². The summed E-state index contributed by atoms with van der Waals surface area (Å²) < 4.78 is 41.8. The summed E-state index contributed by atoms with van der Waals surface area (Å²) in [5, 5.41) is 19.8. The molecular formula is C17H11F3N2O2. The maximum atomic E-state index is 12.6. The number of halogens is 3. The van der Waals surface area contributed by atoms with Crippen molar-refractivity contribution in [3.05, 3.63) is 48.2 Å². The van der Waals surface area contributed by atoms with Crippen molar-refractivity contribution < 1.29 is 23.0 Å². The first-order chi connectivity index (χ1) is 11.4. The van der Waals surface area contributed by atoms with Crippen molar-refractivity contribution in [3.8, 4) is 28.7 Å². The fraction of sp³-hybridized carbons (Fsp3) is 0.118. The van der Waals surface area contributed by atoms with Gasteiger partial charge in [0.1, 0.15) is 11.5 Å². The first-order valence-electron chi connectivity index (χ1n) is 6.94. The van der Waals surface area contributed by atoms with Crippen LogP contribution < -0.4 is 4.74 Å². The maximum Gasteiger partial charge on any atom is 0.573 e. The van der Waals surface area contributed by atoms with E-state index >= 15 is 0 Å². The molecule has 2 aromatic carbocycles. The number of nitrogens with one attached hydrogen (secondary N) is 1. The van der Waals surface area contributed by atoms with Crippen LogP contribution in [0.4, 0.5) is 13.2 Å². The van der Waals surface area contributed by atoms with Gasteiger partial charge in [0.15, 0.2) is 0 Å². The number of hydrogen-bond acceptors (Lipinski definition) is 3. The quantitative estimate of drug-likeness (QED) is 0.742. The highest BCUT2D eigenvalue weighted by Crippen LogP contribution is 2.42. The van der Waals surface area contributed by atoms with Gasteiger partial charge in [0, 0.05) is 28.2 Å². The molecule has 0 saturated carbocycles. The molecule has 24 heavy (non-hydrogen) atoms. The summed E-state index contributed by atoms with van der Waals surface area (Å²) in [6, 6.07) is 10.7. The largest absolute Gasteiger partial charge is 0.573 e. The Bertz CT molecular complexity index is 939. The van der Waals surface area contributed by atoms with Crippen molar-refractivity contribution in [3.63, 3.8) is 0 Å². The third kappa shape index (κ3) is 2.86. The highest BCUT2D eigenvalue weighted by Gasteiger charge is 2.32. The van der Waals surface area contributed by atoms with Crippen LogP contribution in [0, 0.1) is 11.3 Å². The second kappa shape index (κ2) is 5.81. The summed E-state index contributed by atoms with van der Waals surface area (Å²) in [6.45, 7) is 0. The summed E-state index contributed by atoms with van der Waals surface area (Å²) in [6.07, 6.45) is -3.18. The second-order valence-corrected chi connectivity index (χ2v) is 5.08. The molecule has 4 nitrogen and oxygen atoms in total. The summed E-state index contributed by atoms with van der Waals surface area (Å²) >= 11 is 0. The van der Waals surface area contributed by atoms with E-state index in [4.69, 9.17) is 5.26 Å². The molecule has 0 saturated heterocycles. The number of alkyl halides is 3. The molecule has 122 valence electrons. The Hall–Kier alpha value is -3.14. The number of rotatable bonds is 3. The van der Waals surface area contributed by atoms with Crippen LogP contribution >= 0.6 is 0 Å². The van der Waals surface area contributed by atoms with Crippen molar-refractivity contribution in [2.24, 2.45) is 0 Å². The van der Waals surface area contributed by atoms with Crippen molar-refractivity contribution in [1.82, 2.24) is 4.98 Å². The van der Waals surface area contributed by atoms with Gasteiger partial charge in [-0.3, -0.25) is 0 Å². The van der Waals surface area contributed by atoms with Crippen LogP contribution in [0.15, 0.2) is 42.6 Å². The number of para-hydroxylation sites is 1. The number of aromatic amines is 1. The standard InChI is InChI=1S/C17H11F3N2O2/c18-17(19,20)24-14-4-2-1-3-11(14)12-5-6-13-15(16(12)23)10(7-8-21)9-22-13/h1-6,9,22-23H,7H2. The minimum absolute atomic E-state index is 0.0672. The van der Waals surface area contributed by atoms with Gasteiger partial charge >= 0.3 is 6.36 Å². The zero-order valence-corrected chi connectivity index (χ0v) is 12.2. The van der Waals surface area contributed by atoms with Crippen LogP contribution in [0.1, 0.15) is 5.56 Å². The average Bonchev–Trinajstić information content (AvgIpc) is 2.91. The zero-order chi connectivity index (χ0) is 17.3. The number of phenolic OH excluding ortho intramolecular Hbond substituents is 1. The monoisotopic (exact) mass is 332 g/mol. The van der Waals surface area contributed by atoms with Gasteiger partial charge < -0.3 is 14.8 Å². The zero-order valence-electron chi connectivity index (χ0n) is 12.2. The fourth-order valence-electron chi connectivity index (χ4n) is 2.62. The van der Waals surface area contributed by atoms with Crippen molar-refractivity contribution in [2.75, 3.05) is 0 Å². The molecule has 0 radical (unpaired) electrons. The average molecular weight is 332 g/mol. The molecule has 3 aromatic rings. The van der Waals surface area contributed by atoms with Gasteiger partial charge in [-0.05, 0) is 23.8 Å². The van der Waals surface area contributed by atoms with E-state index in [1.807, 2.05) is 6.07 Å². The smallest absolute Gasteiger partial charge is 0.507 e. The SMILES string of the molecule is N#CCc1c[nH]c2ccc(-c3ccccc3OC(F)(F)F)c(O)c12. The first-order valence-corrected chi connectivity index (χ1v) is 6.94. The van der Waals surface area contributed by atoms with Crippen LogP contribution in [0.2, 0.25) is 0 Å². The van der Waals surface area contributed by atoms with E-state index < -0.39 is 12.1 Å². The van der Waals surface area contributed by atoms with Gasteiger partial charge in [0.25, 0.3) is 0 Å². The lowest BCUT2D eigenvalue weighted by molar-refractivity contribution is -0.274. The lowest BCUT2D eigenvalue weighted by atomic mass is 9.99. The van der Waals surface area contributed by atoms with Gasteiger partial charge in [-0.2, -0.15) is 5.26 Å². The third-order valence-corrected chi connectivity index (χ3v) is 3.57. The minimum Gasteiger partial charge on any atom is -0.507 e. The number of benzene rings is 2. The minimum atomic E-state index is -4.84. The van der Waals surface area contributed by atoms with Crippen LogP contribution in [-0.2, 0) is 6.42 Å². The highest BCUT2D eigenvalue weighted by atomic mass is 19.4. The molecule has 0 amide bonds. The van der Waals surface area contributed by atoms with Gasteiger partial charge in [-0.25, -0.2) is 0 Å². The Labute approximate surface area is 134 Å². The molecule has 0 unspecified atom stereocenters. The number of nitrogens with zero attached hydrogens (tertiary/aromatic N) is 1. The Balaban J connectivity index is 2.19. The fourth-order valence-corrected chi connectivity index (χ4v) is 2.62. The van der Waals surface area contributed by atoms with E-state index in [-0.39, 0.29) is 23.3 Å². The van der Waals surface area contributed by atoms with Gasteiger partial charge in [0.2, 0.25) is 0 Å². The molecule has 1 aromatic heterocycles. The lowest BCUT2D eigenvalue weighted by Crippen LogP contribution is -2.17. The molecule has 0 bridgehead atoms. The van der Waals surface area contributed by atoms with Gasteiger partial charge in [0.05, 0.1) is 12.5 Å².